The standard InChI is InChI=1S/C15H22ClNO/c1-11(12-4-6-13(16)7-5-12)17-10-14-8-9-15(2,3)18-14/h4-7,11,14,17H,8-10H2,1-3H3. The van der Waals surface area contributed by atoms with Crippen LogP contribution in [0.1, 0.15) is 45.2 Å². The van der Waals surface area contributed by atoms with Crippen molar-refractivity contribution in [3.05, 3.63) is 34.9 Å². The summed E-state index contributed by atoms with van der Waals surface area (Å²) in [6.45, 7) is 7.40. The molecule has 1 aliphatic heterocycles. The fourth-order valence-electron chi connectivity index (χ4n) is 2.40. The highest BCUT2D eigenvalue weighted by molar-refractivity contribution is 6.30. The van der Waals surface area contributed by atoms with E-state index in [0.29, 0.717) is 12.1 Å². The molecule has 1 aromatic carbocycles. The molecule has 1 N–H and O–H groups in total. The van der Waals surface area contributed by atoms with Crippen molar-refractivity contribution >= 4 is 11.6 Å². The lowest BCUT2D eigenvalue weighted by Crippen LogP contribution is -2.31. The van der Waals surface area contributed by atoms with E-state index in [2.05, 4.69) is 38.2 Å². The number of hydrogen-bond donors (Lipinski definition) is 1. The van der Waals surface area contributed by atoms with Crippen molar-refractivity contribution in [3.63, 3.8) is 0 Å². The van der Waals surface area contributed by atoms with Crippen molar-refractivity contribution in [2.75, 3.05) is 6.54 Å². The summed E-state index contributed by atoms with van der Waals surface area (Å²) in [6.07, 6.45) is 2.64. The number of hydrogen-bond acceptors (Lipinski definition) is 2. The maximum atomic E-state index is 5.97. The molecule has 2 nitrogen and oxygen atoms in total. The van der Waals surface area contributed by atoms with Crippen LogP contribution in [0.15, 0.2) is 24.3 Å². The van der Waals surface area contributed by atoms with Crippen molar-refractivity contribution in [3.8, 4) is 0 Å². The van der Waals surface area contributed by atoms with Crippen LogP contribution < -0.4 is 5.32 Å². The van der Waals surface area contributed by atoms with Gasteiger partial charge in [0.2, 0.25) is 0 Å². The number of benzene rings is 1. The minimum Gasteiger partial charge on any atom is -0.371 e. The van der Waals surface area contributed by atoms with Gasteiger partial charge in [-0.05, 0) is 51.3 Å². The highest BCUT2D eigenvalue weighted by atomic mass is 35.5. The van der Waals surface area contributed by atoms with Crippen LogP contribution in [-0.4, -0.2) is 18.2 Å². The Morgan fingerprint density at radius 2 is 2.06 bits per heavy atom. The molecule has 0 amide bonds. The first kappa shape index (κ1) is 13.9. The lowest BCUT2D eigenvalue weighted by atomic mass is 10.1. The average Bonchev–Trinajstić information content (AvgIpc) is 2.67. The van der Waals surface area contributed by atoms with Gasteiger partial charge in [-0.25, -0.2) is 0 Å². The van der Waals surface area contributed by atoms with Gasteiger partial charge in [-0.15, -0.1) is 0 Å². The fourth-order valence-corrected chi connectivity index (χ4v) is 2.52. The van der Waals surface area contributed by atoms with Crippen LogP contribution in [0, 0.1) is 0 Å². The third kappa shape index (κ3) is 3.71. The van der Waals surface area contributed by atoms with E-state index in [1.54, 1.807) is 0 Å². The summed E-state index contributed by atoms with van der Waals surface area (Å²) in [5.74, 6) is 0. The van der Waals surface area contributed by atoms with Gasteiger partial charge in [0.25, 0.3) is 0 Å². The molecule has 2 rings (SSSR count). The topological polar surface area (TPSA) is 21.3 Å². The van der Waals surface area contributed by atoms with E-state index in [4.69, 9.17) is 16.3 Å². The smallest absolute Gasteiger partial charge is 0.0708 e. The van der Waals surface area contributed by atoms with E-state index in [9.17, 15) is 0 Å². The molecular formula is C15H22ClNO. The zero-order chi connectivity index (χ0) is 13.2. The first-order chi connectivity index (χ1) is 8.46. The van der Waals surface area contributed by atoms with Gasteiger partial charge in [-0.3, -0.25) is 0 Å². The van der Waals surface area contributed by atoms with Gasteiger partial charge in [0.15, 0.2) is 0 Å². The molecular weight excluding hydrogens is 246 g/mol. The first-order valence-electron chi connectivity index (χ1n) is 6.63. The van der Waals surface area contributed by atoms with Crippen LogP contribution in [-0.2, 0) is 4.74 Å². The summed E-state index contributed by atoms with van der Waals surface area (Å²) in [4.78, 5) is 0. The lowest BCUT2D eigenvalue weighted by molar-refractivity contribution is -0.0150. The van der Waals surface area contributed by atoms with Crippen LogP contribution in [0.2, 0.25) is 5.02 Å². The minimum absolute atomic E-state index is 0.0514. The van der Waals surface area contributed by atoms with Gasteiger partial charge in [0, 0.05) is 17.6 Å². The summed E-state index contributed by atoms with van der Waals surface area (Å²) in [5.41, 5.74) is 1.31. The fraction of sp³-hybridized carbons (Fsp3) is 0.600. The zero-order valence-corrected chi connectivity index (χ0v) is 12.1. The Morgan fingerprint density at radius 1 is 1.39 bits per heavy atom. The predicted octanol–water partition coefficient (Wildman–Crippen LogP) is 3.95. The van der Waals surface area contributed by atoms with E-state index < -0.39 is 0 Å². The molecule has 1 aromatic rings. The van der Waals surface area contributed by atoms with E-state index in [1.807, 2.05) is 12.1 Å². The Labute approximate surface area is 115 Å². The summed E-state index contributed by atoms with van der Waals surface area (Å²) in [5, 5.41) is 4.31. The van der Waals surface area contributed by atoms with Crippen molar-refractivity contribution in [1.82, 2.24) is 5.32 Å². The van der Waals surface area contributed by atoms with E-state index >= 15 is 0 Å². The van der Waals surface area contributed by atoms with Gasteiger partial charge < -0.3 is 10.1 Å². The van der Waals surface area contributed by atoms with Gasteiger partial charge in [0.05, 0.1) is 11.7 Å². The Bertz CT molecular complexity index is 388. The van der Waals surface area contributed by atoms with Gasteiger partial charge >= 0.3 is 0 Å². The van der Waals surface area contributed by atoms with Gasteiger partial charge in [-0.2, -0.15) is 0 Å². The van der Waals surface area contributed by atoms with Crippen molar-refractivity contribution in [2.24, 2.45) is 0 Å². The van der Waals surface area contributed by atoms with Gasteiger partial charge in [-0.1, -0.05) is 23.7 Å². The maximum absolute atomic E-state index is 5.97. The molecule has 0 aliphatic carbocycles. The molecule has 0 saturated carbocycles. The molecule has 18 heavy (non-hydrogen) atoms. The summed E-state index contributed by atoms with van der Waals surface area (Å²) in [7, 11) is 0. The normalized spacial score (nSPS) is 24.1. The minimum atomic E-state index is 0.0514. The van der Waals surface area contributed by atoms with Crippen molar-refractivity contribution in [1.29, 1.82) is 0 Å². The molecule has 1 saturated heterocycles. The second-order valence-corrected chi connectivity index (χ2v) is 6.16. The number of rotatable bonds is 4. The van der Waals surface area contributed by atoms with Crippen LogP contribution in [0.4, 0.5) is 0 Å². The molecule has 1 aliphatic rings. The van der Waals surface area contributed by atoms with Crippen LogP contribution in [0.3, 0.4) is 0 Å². The Balaban J connectivity index is 1.82. The summed E-state index contributed by atoms with van der Waals surface area (Å²) < 4.78 is 5.97. The van der Waals surface area contributed by atoms with Crippen LogP contribution in [0.25, 0.3) is 0 Å². The maximum Gasteiger partial charge on any atom is 0.0708 e. The molecule has 0 spiro atoms. The highest BCUT2D eigenvalue weighted by Crippen LogP contribution is 2.29. The molecule has 0 aromatic heterocycles. The Morgan fingerprint density at radius 3 is 2.61 bits per heavy atom. The molecule has 3 heteroatoms. The third-order valence-electron chi connectivity index (χ3n) is 3.58. The second-order valence-electron chi connectivity index (χ2n) is 5.72. The summed E-state index contributed by atoms with van der Waals surface area (Å²) >= 11 is 5.89. The molecule has 2 unspecified atom stereocenters. The van der Waals surface area contributed by atoms with E-state index in [-0.39, 0.29) is 5.60 Å². The first-order valence-corrected chi connectivity index (χ1v) is 7.01. The van der Waals surface area contributed by atoms with Gasteiger partial charge in [0.1, 0.15) is 0 Å². The van der Waals surface area contributed by atoms with Crippen molar-refractivity contribution < 1.29 is 4.74 Å². The third-order valence-corrected chi connectivity index (χ3v) is 3.83. The molecule has 1 fully saturated rings. The molecule has 1 heterocycles. The lowest BCUT2D eigenvalue weighted by Gasteiger charge is -2.21. The van der Waals surface area contributed by atoms with E-state index in [0.717, 1.165) is 24.4 Å². The molecule has 100 valence electrons. The number of ether oxygens (including phenoxy) is 1. The number of halogens is 1. The highest BCUT2D eigenvalue weighted by Gasteiger charge is 2.31. The summed E-state index contributed by atoms with van der Waals surface area (Å²) in [6, 6.07) is 8.34. The number of nitrogens with one attached hydrogen (secondary N) is 1. The second kappa shape index (κ2) is 5.60. The largest absolute Gasteiger partial charge is 0.371 e. The SMILES string of the molecule is CC(NCC1CCC(C)(C)O1)c1ccc(Cl)cc1. The molecule has 0 radical (unpaired) electrons. The van der Waals surface area contributed by atoms with Crippen molar-refractivity contribution in [2.45, 2.75) is 51.4 Å². The quantitative estimate of drug-likeness (QED) is 0.892. The Hall–Kier alpha value is -0.570. The van der Waals surface area contributed by atoms with Crippen LogP contribution in [0.5, 0.6) is 0 Å². The predicted molar refractivity (Wildman–Crippen MR) is 76.1 cm³/mol. The average molecular weight is 268 g/mol. The van der Waals surface area contributed by atoms with E-state index in [1.165, 1.54) is 5.56 Å². The zero-order valence-electron chi connectivity index (χ0n) is 11.4. The molecule has 2 atom stereocenters. The van der Waals surface area contributed by atoms with Crippen LogP contribution >= 0.6 is 11.6 Å². The Kier molecular flexibility index (Phi) is 4.31. The monoisotopic (exact) mass is 267 g/mol. The molecule has 0 bridgehead atoms.